The van der Waals surface area contributed by atoms with Crippen LogP contribution in [0.2, 0.25) is 0 Å². The van der Waals surface area contributed by atoms with Gasteiger partial charge in [-0.2, -0.15) is 0 Å². The molecule has 0 aromatic rings. The topological polar surface area (TPSA) is 95.9 Å². The van der Waals surface area contributed by atoms with Crippen LogP contribution >= 0.6 is 0 Å². The van der Waals surface area contributed by atoms with Crippen molar-refractivity contribution in [2.45, 2.75) is 463 Å². The summed E-state index contributed by atoms with van der Waals surface area (Å²) < 4.78 is 5.50. The fourth-order valence-electron chi connectivity index (χ4n) is 12.7. The number of carbonyl (C=O) groups excluding carboxylic acids is 2. The van der Waals surface area contributed by atoms with Gasteiger partial charge in [0.15, 0.2) is 0 Å². The minimum atomic E-state index is -0.660. The monoisotopic (exact) mass is 1210 g/mol. The molecule has 510 valence electrons. The third kappa shape index (κ3) is 71.4. The van der Waals surface area contributed by atoms with Crippen LogP contribution in [-0.4, -0.2) is 47.4 Å². The molecule has 0 rings (SSSR count). The van der Waals surface area contributed by atoms with Crippen LogP contribution in [-0.2, 0) is 14.3 Å². The number of esters is 1. The van der Waals surface area contributed by atoms with Crippen LogP contribution in [0.15, 0.2) is 24.3 Å². The number of unbranched alkanes of at least 4 members (excludes halogenated alkanes) is 60. The summed E-state index contributed by atoms with van der Waals surface area (Å²) in [6.07, 6.45) is 97.1. The summed E-state index contributed by atoms with van der Waals surface area (Å²) in [6.45, 7) is 4.97. The van der Waals surface area contributed by atoms with Gasteiger partial charge in [0.25, 0.3) is 0 Å². The quantitative estimate of drug-likeness (QED) is 0.0320. The van der Waals surface area contributed by atoms with Gasteiger partial charge in [0.2, 0.25) is 5.91 Å². The average Bonchev–Trinajstić information content (AvgIpc) is 3.59. The molecule has 0 heterocycles. The number of ether oxygens (including phenoxy) is 1. The molecule has 1 amide bonds. The van der Waals surface area contributed by atoms with E-state index < -0.39 is 12.1 Å². The maximum Gasteiger partial charge on any atom is 0.305 e. The minimum absolute atomic E-state index is 0.0101. The van der Waals surface area contributed by atoms with Crippen molar-refractivity contribution >= 4 is 11.9 Å². The zero-order chi connectivity index (χ0) is 62.0. The van der Waals surface area contributed by atoms with Crippen molar-refractivity contribution in [3.8, 4) is 0 Å². The Labute approximate surface area is 539 Å². The molecule has 0 aliphatic carbocycles. The molecule has 0 saturated heterocycles. The van der Waals surface area contributed by atoms with Crippen LogP contribution in [0.3, 0.4) is 0 Å². The Morgan fingerprint density at radius 1 is 0.326 bits per heavy atom. The first-order valence-corrected chi connectivity index (χ1v) is 39.6. The van der Waals surface area contributed by atoms with Crippen molar-refractivity contribution in [2.24, 2.45) is 0 Å². The third-order valence-corrected chi connectivity index (χ3v) is 18.8. The lowest BCUT2D eigenvalue weighted by atomic mass is 10.0. The molecule has 0 spiro atoms. The highest BCUT2D eigenvalue weighted by molar-refractivity contribution is 5.76. The molecule has 0 radical (unpaired) electrons. The van der Waals surface area contributed by atoms with Crippen LogP contribution in [0, 0.1) is 0 Å². The van der Waals surface area contributed by atoms with E-state index in [9.17, 15) is 19.8 Å². The lowest BCUT2D eigenvalue weighted by molar-refractivity contribution is -0.143. The lowest BCUT2D eigenvalue weighted by Gasteiger charge is -2.22. The minimum Gasteiger partial charge on any atom is -0.466 e. The number of nitrogens with one attached hydrogen (secondary N) is 1. The van der Waals surface area contributed by atoms with Crippen molar-refractivity contribution in [1.29, 1.82) is 0 Å². The molecule has 0 aromatic heterocycles. The molecular formula is C80H155NO5. The molecule has 0 aliphatic rings. The average molecular weight is 1210 g/mol. The van der Waals surface area contributed by atoms with E-state index in [4.69, 9.17) is 4.74 Å². The van der Waals surface area contributed by atoms with Gasteiger partial charge in [0.1, 0.15) is 0 Å². The maximum absolute atomic E-state index is 12.5. The number of allylic oxidation sites excluding steroid dienone is 4. The van der Waals surface area contributed by atoms with Crippen LogP contribution in [0.5, 0.6) is 0 Å². The van der Waals surface area contributed by atoms with E-state index in [1.807, 2.05) is 0 Å². The molecule has 0 aromatic carbocycles. The van der Waals surface area contributed by atoms with E-state index in [1.54, 1.807) is 0 Å². The summed E-state index contributed by atoms with van der Waals surface area (Å²) in [5, 5.41) is 23.4. The van der Waals surface area contributed by atoms with Crippen molar-refractivity contribution in [1.82, 2.24) is 5.32 Å². The number of aliphatic hydroxyl groups excluding tert-OH is 2. The molecular weight excluding hydrogens is 1050 g/mol. The highest BCUT2D eigenvalue weighted by atomic mass is 16.5. The Bertz CT molecular complexity index is 1350. The fraction of sp³-hybridized carbons (Fsp3) is 0.925. The predicted octanol–water partition coefficient (Wildman–Crippen LogP) is 26.0. The van der Waals surface area contributed by atoms with Crippen LogP contribution in [0.4, 0.5) is 0 Å². The molecule has 6 heteroatoms. The van der Waals surface area contributed by atoms with E-state index in [2.05, 4.69) is 43.5 Å². The summed E-state index contributed by atoms with van der Waals surface area (Å²) in [7, 11) is 0. The van der Waals surface area contributed by atoms with E-state index in [0.29, 0.717) is 25.9 Å². The van der Waals surface area contributed by atoms with Crippen molar-refractivity contribution in [3.63, 3.8) is 0 Å². The van der Waals surface area contributed by atoms with E-state index in [1.165, 1.54) is 366 Å². The highest BCUT2D eigenvalue weighted by Crippen LogP contribution is 2.20. The molecule has 0 fully saturated rings. The second kappa shape index (κ2) is 75.8. The fourth-order valence-corrected chi connectivity index (χ4v) is 12.7. The highest BCUT2D eigenvalue weighted by Gasteiger charge is 2.20. The third-order valence-electron chi connectivity index (χ3n) is 18.8. The first-order chi connectivity index (χ1) is 42.5. The van der Waals surface area contributed by atoms with Crippen LogP contribution in [0.25, 0.3) is 0 Å². The Morgan fingerprint density at radius 3 is 0.907 bits per heavy atom. The number of aliphatic hydroxyl groups is 2. The molecule has 86 heavy (non-hydrogen) atoms. The Kier molecular flexibility index (Phi) is 74.3. The van der Waals surface area contributed by atoms with Crippen molar-refractivity contribution in [3.05, 3.63) is 24.3 Å². The van der Waals surface area contributed by atoms with Gasteiger partial charge in [-0.25, -0.2) is 0 Å². The molecule has 0 saturated carbocycles. The summed E-state index contributed by atoms with van der Waals surface area (Å²) in [4.78, 5) is 24.6. The molecule has 0 aliphatic heterocycles. The van der Waals surface area contributed by atoms with Gasteiger partial charge in [-0.3, -0.25) is 9.59 Å². The van der Waals surface area contributed by atoms with Gasteiger partial charge in [-0.15, -0.1) is 0 Å². The maximum atomic E-state index is 12.5. The number of rotatable bonds is 75. The van der Waals surface area contributed by atoms with Gasteiger partial charge < -0.3 is 20.3 Å². The zero-order valence-corrected chi connectivity index (χ0v) is 58.6. The Morgan fingerprint density at radius 2 is 0.581 bits per heavy atom. The first-order valence-electron chi connectivity index (χ1n) is 39.6. The van der Waals surface area contributed by atoms with Gasteiger partial charge in [0, 0.05) is 12.8 Å². The molecule has 2 atom stereocenters. The Balaban J connectivity index is 3.30. The summed E-state index contributed by atoms with van der Waals surface area (Å²) >= 11 is 0. The first kappa shape index (κ1) is 84.3. The number of hydrogen-bond donors (Lipinski definition) is 3. The smallest absolute Gasteiger partial charge is 0.305 e. The van der Waals surface area contributed by atoms with Gasteiger partial charge in [-0.1, -0.05) is 404 Å². The lowest BCUT2D eigenvalue weighted by Crippen LogP contribution is -2.45. The standard InChI is InChI=1S/C80H155NO5/c1-3-5-7-9-11-13-15-17-19-41-45-48-52-56-60-64-68-72-78(83)77(76-82)81-79(84)73-69-65-61-57-53-49-46-42-39-37-35-33-31-29-27-25-23-21-20-22-24-26-28-30-32-34-36-38-40-43-47-51-55-59-63-67-71-75-86-80(85)74-70-66-62-58-54-50-44-18-16-14-12-10-8-6-4-2/h12,14,18,44,77-78,82-83H,3-11,13,15-17,19-43,45-76H2,1-2H3,(H,81,84)/b14-12-,44-18-. The number of carbonyl (C=O) groups is 2. The second-order valence-corrected chi connectivity index (χ2v) is 27.4. The zero-order valence-electron chi connectivity index (χ0n) is 58.6. The SMILES string of the molecule is CCCCC/C=C\C/C=C\CCCCCCCC(=O)OCCCCCCCCCCCCCCCCCCCCCCCCCCCCCCCCCCCCCCCC(=O)NC(CO)C(O)CCCCCCCCCCCCCCCCCCC. The number of amides is 1. The predicted molar refractivity (Wildman–Crippen MR) is 380 cm³/mol. The second-order valence-electron chi connectivity index (χ2n) is 27.4. The van der Waals surface area contributed by atoms with E-state index in [0.717, 1.165) is 51.4 Å². The Hall–Kier alpha value is -1.66. The van der Waals surface area contributed by atoms with Crippen LogP contribution < -0.4 is 5.32 Å². The normalized spacial score (nSPS) is 12.6. The van der Waals surface area contributed by atoms with Gasteiger partial charge in [0.05, 0.1) is 25.4 Å². The van der Waals surface area contributed by atoms with Gasteiger partial charge in [-0.05, 0) is 57.8 Å². The van der Waals surface area contributed by atoms with E-state index >= 15 is 0 Å². The van der Waals surface area contributed by atoms with Crippen molar-refractivity contribution < 1.29 is 24.5 Å². The molecule has 3 N–H and O–H groups in total. The summed E-state index contributed by atoms with van der Waals surface area (Å²) in [5.41, 5.74) is 0. The van der Waals surface area contributed by atoms with Gasteiger partial charge >= 0.3 is 5.97 Å². The largest absolute Gasteiger partial charge is 0.466 e. The summed E-state index contributed by atoms with van der Waals surface area (Å²) in [6, 6.07) is -0.537. The number of hydrogen-bond acceptors (Lipinski definition) is 5. The molecule has 2 unspecified atom stereocenters. The summed E-state index contributed by atoms with van der Waals surface area (Å²) in [5.74, 6) is -0.0148. The molecule has 6 nitrogen and oxygen atoms in total. The van der Waals surface area contributed by atoms with Crippen LogP contribution in [0.1, 0.15) is 450 Å². The van der Waals surface area contributed by atoms with E-state index in [-0.39, 0.29) is 18.5 Å². The molecule has 0 bridgehead atoms. The van der Waals surface area contributed by atoms with Crippen molar-refractivity contribution in [2.75, 3.05) is 13.2 Å².